The van der Waals surface area contributed by atoms with Gasteiger partial charge in [0.25, 0.3) is 0 Å². The molecule has 0 saturated carbocycles. The van der Waals surface area contributed by atoms with Crippen molar-refractivity contribution in [3.8, 4) is 17.2 Å². The summed E-state index contributed by atoms with van der Waals surface area (Å²) < 4.78 is 17.0. The van der Waals surface area contributed by atoms with E-state index in [1.54, 1.807) is 6.92 Å². The number of benzene rings is 2. The van der Waals surface area contributed by atoms with Gasteiger partial charge in [-0.25, -0.2) is 4.79 Å². The molecular formula is C28H32N4O13. The van der Waals surface area contributed by atoms with Crippen LogP contribution in [0.5, 0.6) is 17.2 Å². The number of phenolic OH excluding ortho intramolecular Hbond substituents is 2. The highest BCUT2D eigenvalue weighted by molar-refractivity contribution is 6.31. The summed E-state index contributed by atoms with van der Waals surface area (Å²) in [5, 5.41) is 55.7. The van der Waals surface area contributed by atoms with Crippen LogP contribution < -0.4 is 21.6 Å². The number of Topliss-reactive ketones (excluding diaryl/α,β-unsaturated/α-hetero) is 1. The van der Waals surface area contributed by atoms with Crippen LogP contribution >= 0.6 is 0 Å². The van der Waals surface area contributed by atoms with E-state index in [2.05, 4.69) is 5.73 Å². The number of nitroso groups, excluding NO2 is 1. The largest absolute Gasteiger partial charge is 0.507 e. The normalized spacial score (nSPS) is 26.8. The van der Waals surface area contributed by atoms with E-state index in [9.17, 15) is 44.7 Å². The van der Waals surface area contributed by atoms with Crippen LogP contribution in [0.3, 0.4) is 0 Å². The molecule has 1 heterocycles. The van der Waals surface area contributed by atoms with Crippen molar-refractivity contribution in [3.63, 3.8) is 0 Å². The maximum Gasteiger partial charge on any atom is 0.335 e. The Hall–Kier alpha value is -4.52. The van der Waals surface area contributed by atoms with E-state index in [-0.39, 0.29) is 34.4 Å². The van der Waals surface area contributed by atoms with Crippen molar-refractivity contribution in [2.75, 3.05) is 13.7 Å². The molecule has 0 unspecified atom stereocenters. The molecule has 1 aliphatic heterocycles. The quantitative estimate of drug-likeness (QED) is 0.0951. The van der Waals surface area contributed by atoms with Crippen LogP contribution in [0, 0.1) is 4.91 Å². The molecule has 10 N–H and O–H groups in total. The lowest BCUT2D eigenvalue weighted by Gasteiger charge is -2.42. The molecule has 0 radical (unpaired) electrons. The van der Waals surface area contributed by atoms with Crippen LogP contribution in [-0.4, -0.2) is 92.8 Å². The second-order valence-electron chi connectivity index (χ2n) is 10.7. The Morgan fingerprint density at radius 2 is 1.82 bits per heavy atom. The van der Waals surface area contributed by atoms with Crippen molar-refractivity contribution in [3.05, 3.63) is 56.5 Å². The SMILES string of the molecule is COc1cccc2c1C(=O)c1c(O)c3c(c(O)c1C2=O)C[C@@](O)(C(=O)CO)C[C@@H]3O[C@H]1C[C@H](N)[C@@H](O)[C@H](C)O1.NC(=O)NN=O. The average molecular weight is 633 g/mol. The Kier molecular flexibility index (Phi) is 9.52. The Balaban J connectivity index is 0.000000700. The minimum absolute atomic E-state index is 0.0173. The van der Waals surface area contributed by atoms with Gasteiger partial charge in [-0.1, -0.05) is 12.1 Å². The van der Waals surface area contributed by atoms with E-state index in [0.717, 1.165) is 0 Å². The summed E-state index contributed by atoms with van der Waals surface area (Å²) in [4.78, 5) is 58.1. The minimum Gasteiger partial charge on any atom is -0.507 e. The second-order valence-corrected chi connectivity index (χ2v) is 10.7. The van der Waals surface area contributed by atoms with Gasteiger partial charge >= 0.3 is 6.03 Å². The van der Waals surface area contributed by atoms with Crippen LogP contribution in [-0.2, 0) is 20.7 Å². The maximum absolute atomic E-state index is 13.6. The number of methoxy groups -OCH3 is 1. The molecule has 1 saturated heterocycles. The predicted molar refractivity (Wildman–Crippen MR) is 150 cm³/mol. The number of rotatable bonds is 6. The number of aromatic hydroxyl groups is 2. The zero-order valence-electron chi connectivity index (χ0n) is 24.1. The number of carbonyl (C=O) groups is 4. The van der Waals surface area contributed by atoms with Gasteiger partial charge in [0.1, 0.15) is 29.5 Å². The van der Waals surface area contributed by atoms with Gasteiger partial charge < -0.3 is 51.2 Å². The number of hydrogen-bond acceptors (Lipinski definition) is 15. The predicted octanol–water partition coefficient (Wildman–Crippen LogP) is -0.663. The summed E-state index contributed by atoms with van der Waals surface area (Å²) in [6.45, 7) is 0.560. The van der Waals surface area contributed by atoms with E-state index in [1.807, 2.05) is 5.29 Å². The molecule has 1 fully saturated rings. The molecule has 0 aromatic heterocycles. The zero-order chi connectivity index (χ0) is 33.4. The van der Waals surface area contributed by atoms with Crippen molar-refractivity contribution in [2.45, 2.75) is 62.4 Å². The standard InChI is InChI=1S/C27H29NO11.CH3N3O2/c1-10-22(31)13(28)6-17(38-10)39-15-8-27(36,16(30)9-29)7-12-19(15)26(35)21-20(24(12)33)23(32)11-4-3-5-14(37-2)18(11)25(21)34;2-1(5)3-4-6/h3-5,10,13,15,17,22,29,31,33,35-36H,6-9,28H2,1-2H3;(H3,2,3,5,6)/t10-,13-,15-,17-,22-,27-;/m0./s1. The molecule has 2 amide bonds. The van der Waals surface area contributed by atoms with Gasteiger partial charge in [0, 0.05) is 42.0 Å². The number of phenols is 2. The van der Waals surface area contributed by atoms with Crippen LogP contribution in [0.15, 0.2) is 23.5 Å². The number of hydrogen-bond donors (Lipinski definition) is 8. The summed E-state index contributed by atoms with van der Waals surface area (Å²) in [6.07, 6.45) is -5.12. The average Bonchev–Trinajstić information content (AvgIpc) is 2.99. The molecule has 2 aliphatic carbocycles. The lowest BCUT2D eigenvalue weighted by atomic mass is 9.72. The number of aliphatic hydroxyl groups is 3. The van der Waals surface area contributed by atoms with Crippen molar-refractivity contribution < 1.29 is 58.9 Å². The summed E-state index contributed by atoms with van der Waals surface area (Å²) in [5.74, 6) is -3.77. The summed E-state index contributed by atoms with van der Waals surface area (Å²) in [5.41, 5.74) is 8.15. The van der Waals surface area contributed by atoms with E-state index in [4.69, 9.17) is 24.9 Å². The Labute approximate surface area is 254 Å². The molecule has 5 rings (SSSR count). The monoisotopic (exact) mass is 632 g/mol. The summed E-state index contributed by atoms with van der Waals surface area (Å²) in [6, 6.07) is 2.70. The van der Waals surface area contributed by atoms with Crippen molar-refractivity contribution >= 4 is 23.4 Å². The number of ketones is 3. The number of nitrogens with one attached hydrogen (secondary N) is 1. The first-order valence-electron chi connectivity index (χ1n) is 13.6. The van der Waals surface area contributed by atoms with Crippen LogP contribution in [0.2, 0.25) is 0 Å². The van der Waals surface area contributed by atoms with E-state index in [1.165, 1.54) is 30.7 Å². The van der Waals surface area contributed by atoms with E-state index in [0.29, 0.717) is 0 Å². The zero-order valence-corrected chi connectivity index (χ0v) is 24.1. The van der Waals surface area contributed by atoms with Gasteiger partial charge in [0.15, 0.2) is 17.9 Å². The van der Waals surface area contributed by atoms with E-state index < -0.39 is 102 Å². The smallest absolute Gasteiger partial charge is 0.335 e. The highest BCUT2D eigenvalue weighted by Crippen LogP contribution is 2.52. The number of nitrogens with zero attached hydrogens (tertiary/aromatic N) is 1. The number of primary amides is 1. The molecule has 2 aromatic carbocycles. The summed E-state index contributed by atoms with van der Waals surface area (Å²) >= 11 is 0. The molecule has 3 aliphatic rings. The number of ether oxygens (including phenoxy) is 3. The highest BCUT2D eigenvalue weighted by Gasteiger charge is 2.50. The maximum atomic E-state index is 13.6. The first-order chi connectivity index (χ1) is 21.2. The third-order valence-electron chi connectivity index (χ3n) is 7.96. The summed E-state index contributed by atoms with van der Waals surface area (Å²) in [7, 11) is 1.32. The van der Waals surface area contributed by atoms with Gasteiger partial charge in [0.05, 0.1) is 47.4 Å². The van der Waals surface area contributed by atoms with Gasteiger partial charge in [-0.15, -0.1) is 4.91 Å². The first kappa shape index (κ1) is 33.4. The number of fused-ring (bicyclic) bond motifs is 3. The lowest BCUT2D eigenvalue weighted by Crippen LogP contribution is -2.53. The van der Waals surface area contributed by atoms with Crippen LogP contribution in [0.1, 0.15) is 68.8 Å². The fourth-order valence-electron chi connectivity index (χ4n) is 5.80. The highest BCUT2D eigenvalue weighted by atomic mass is 16.7. The first-order valence-corrected chi connectivity index (χ1v) is 13.6. The molecule has 0 spiro atoms. The van der Waals surface area contributed by atoms with Gasteiger partial charge in [-0.2, -0.15) is 5.43 Å². The van der Waals surface area contributed by atoms with Crippen molar-refractivity contribution in [1.29, 1.82) is 0 Å². The molecular weight excluding hydrogens is 600 g/mol. The third-order valence-corrected chi connectivity index (χ3v) is 7.96. The van der Waals surface area contributed by atoms with Crippen LogP contribution in [0.4, 0.5) is 4.79 Å². The molecule has 17 heteroatoms. The lowest BCUT2D eigenvalue weighted by molar-refractivity contribution is -0.247. The van der Waals surface area contributed by atoms with Crippen LogP contribution in [0.25, 0.3) is 0 Å². The fourth-order valence-corrected chi connectivity index (χ4v) is 5.80. The van der Waals surface area contributed by atoms with Crippen molar-refractivity contribution in [2.24, 2.45) is 16.8 Å². The fraction of sp³-hybridized carbons (Fsp3) is 0.429. The number of urea groups is 1. The molecule has 2 aromatic rings. The molecule has 242 valence electrons. The van der Waals surface area contributed by atoms with Gasteiger partial charge in [-0.05, 0) is 13.0 Å². The van der Waals surface area contributed by atoms with Gasteiger partial charge in [0.2, 0.25) is 5.78 Å². The molecule has 6 atom stereocenters. The topological polar surface area (TPSA) is 291 Å². The van der Waals surface area contributed by atoms with Crippen molar-refractivity contribution in [1.82, 2.24) is 5.43 Å². The number of aliphatic hydroxyl groups excluding tert-OH is 2. The van der Waals surface area contributed by atoms with E-state index >= 15 is 0 Å². The third kappa shape index (κ3) is 5.96. The van der Waals surface area contributed by atoms with Gasteiger partial charge in [-0.3, -0.25) is 14.4 Å². The Bertz CT molecular complexity index is 1550. The number of amides is 2. The molecule has 0 bridgehead atoms. The second kappa shape index (κ2) is 12.8. The molecule has 45 heavy (non-hydrogen) atoms. The Morgan fingerprint density at radius 3 is 2.38 bits per heavy atom. The number of nitrogens with two attached hydrogens (primary N) is 2. The Morgan fingerprint density at radius 1 is 1.16 bits per heavy atom. The molecule has 17 nitrogen and oxygen atoms in total. The minimum atomic E-state index is -2.24. The number of carbonyl (C=O) groups excluding carboxylic acids is 4.